The SMILES string of the molecule is CC(C)(C)OC(=O)N1CC2SCCC(=O)C2C1. The highest BCUT2D eigenvalue weighted by Crippen LogP contribution is 2.34. The fraction of sp³-hybridized carbons (Fsp3) is 0.833. The molecule has 2 heterocycles. The summed E-state index contributed by atoms with van der Waals surface area (Å²) in [5, 5.41) is 0.281. The molecule has 0 aliphatic carbocycles. The van der Waals surface area contributed by atoms with E-state index in [0.29, 0.717) is 25.3 Å². The minimum atomic E-state index is -0.470. The van der Waals surface area contributed by atoms with Gasteiger partial charge in [0.2, 0.25) is 0 Å². The van der Waals surface area contributed by atoms with Gasteiger partial charge in [0.1, 0.15) is 11.4 Å². The largest absolute Gasteiger partial charge is 0.444 e. The topological polar surface area (TPSA) is 46.6 Å². The first kappa shape index (κ1) is 12.7. The first-order chi connectivity index (χ1) is 7.87. The van der Waals surface area contributed by atoms with Crippen LogP contribution >= 0.6 is 11.8 Å². The molecule has 0 aromatic rings. The van der Waals surface area contributed by atoms with Crippen LogP contribution in [-0.2, 0) is 9.53 Å². The molecule has 5 heteroatoms. The highest BCUT2D eigenvalue weighted by atomic mass is 32.2. The molecule has 2 unspecified atom stereocenters. The number of carbonyl (C=O) groups excluding carboxylic acids is 2. The summed E-state index contributed by atoms with van der Waals surface area (Å²) in [7, 11) is 0. The van der Waals surface area contributed by atoms with Crippen LogP contribution in [-0.4, -0.2) is 46.5 Å². The fourth-order valence-electron chi connectivity index (χ4n) is 2.22. The highest BCUT2D eigenvalue weighted by molar-refractivity contribution is 8.00. The van der Waals surface area contributed by atoms with Gasteiger partial charge in [0, 0.05) is 36.4 Å². The van der Waals surface area contributed by atoms with Gasteiger partial charge in [-0.3, -0.25) is 4.79 Å². The van der Waals surface area contributed by atoms with Crippen molar-refractivity contribution in [3.05, 3.63) is 0 Å². The Morgan fingerprint density at radius 3 is 2.71 bits per heavy atom. The maximum atomic E-state index is 11.9. The molecule has 2 aliphatic heterocycles. The summed E-state index contributed by atoms with van der Waals surface area (Å²) in [6.45, 7) is 6.75. The van der Waals surface area contributed by atoms with Gasteiger partial charge in [0.05, 0.1) is 0 Å². The number of hydrogen-bond acceptors (Lipinski definition) is 4. The quantitative estimate of drug-likeness (QED) is 0.665. The summed E-state index contributed by atoms with van der Waals surface area (Å²) in [5.41, 5.74) is -0.470. The number of thioether (sulfide) groups is 1. The molecular weight excluding hydrogens is 238 g/mol. The van der Waals surface area contributed by atoms with Gasteiger partial charge in [-0.2, -0.15) is 11.8 Å². The molecule has 0 N–H and O–H groups in total. The second-order valence-corrected chi connectivity index (χ2v) is 6.96. The number of ketones is 1. The Morgan fingerprint density at radius 1 is 1.41 bits per heavy atom. The maximum absolute atomic E-state index is 11.9. The Morgan fingerprint density at radius 2 is 2.12 bits per heavy atom. The molecule has 0 bridgehead atoms. The van der Waals surface area contributed by atoms with Crippen molar-refractivity contribution in [3.63, 3.8) is 0 Å². The smallest absolute Gasteiger partial charge is 0.410 e. The molecule has 0 aromatic heterocycles. The third-order valence-corrected chi connectivity index (χ3v) is 4.36. The van der Waals surface area contributed by atoms with E-state index in [-0.39, 0.29) is 17.3 Å². The molecule has 0 radical (unpaired) electrons. The van der Waals surface area contributed by atoms with E-state index in [2.05, 4.69) is 0 Å². The number of fused-ring (bicyclic) bond motifs is 1. The van der Waals surface area contributed by atoms with E-state index >= 15 is 0 Å². The fourth-order valence-corrected chi connectivity index (χ4v) is 3.60. The molecule has 0 saturated carbocycles. The number of rotatable bonds is 0. The number of hydrogen-bond donors (Lipinski definition) is 0. The molecule has 2 saturated heterocycles. The third kappa shape index (κ3) is 2.94. The molecule has 2 atom stereocenters. The van der Waals surface area contributed by atoms with Crippen molar-refractivity contribution >= 4 is 23.6 Å². The minimum Gasteiger partial charge on any atom is -0.444 e. The first-order valence-corrected chi connectivity index (χ1v) is 7.04. The van der Waals surface area contributed by atoms with Crippen molar-refractivity contribution in [1.82, 2.24) is 4.90 Å². The first-order valence-electron chi connectivity index (χ1n) is 5.99. The maximum Gasteiger partial charge on any atom is 0.410 e. The van der Waals surface area contributed by atoms with E-state index < -0.39 is 5.60 Å². The summed E-state index contributed by atoms with van der Waals surface area (Å²) in [4.78, 5) is 25.3. The second-order valence-electron chi connectivity index (χ2n) is 5.62. The molecule has 2 aliphatic rings. The number of likely N-dealkylation sites (tertiary alicyclic amines) is 1. The monoisotopic (exact) mass is 257 g/mol. The zero-order chi connectivity index (χ0) is 12.6. The van der Waals surface area contributed by atoms with Crippen LogP contribution in [0.1, 0.15) is 27.2 Å². The van der Waals surface area contributed by atoms with Crippen molar-refractivity contribution in [2.24, 2.45) is 5.92 Å². The predicted octanol–water partition coefficient (Wildman–Crippen LogP) is 1.93. The van der Waals surface area contributed by atoms with E-state index in [1.54, 1.807) is 16.7 Å². The number of Topliss-reactive ketones (excluding diaryl/α,β-unsaturated/α-hetero) is 1. The lowest BCUT2D eigenvalue weighted by atomic mass is 10.0. The molecule has 1 amide bonds. The van der Waals surface area contributed by atoms with Gasteiger partial charge in [-0.05, 0) is 20.8 Å². The Balaban J connectivity index is 1.97. The molecule has 96 valence electrons. The lowest BCUT2D eigenvalue weighted by Crippen LogP contribution is -2.35. The van der Waals surface area contributed by atoms with Crippen LogP contribution < -0.4 is 0 Å². The van der Waals surface area contributed by atoms with E-state index in [1.165, 1.54) is 0 Å². The summed E-state index contributed by atoms with van der Waals surface area (Å²) < 4.78 is 5.33. The minimum absolute atomic E-state index is 0.0290. The van der Waals surface area contributed by atoms with Crippen LogP contribution in [0.25, 0.3) is 0 Å². The Hall–Kier alpha value is -0.710. The molecule has 4 nitrogen and oxygen atoms in total. The van der Waals surface area contributed by atoms with E-state index in [1.807, 2.05) is 20.8 Å². The van der Waals surface area contributed by atoms with Gasteiger partial charge in [-0.15, -0.1) is 0 Å². The number of nitrogens with zero attached hydrogens (tertiary/aromatic N) is 1. The molecule has 0 aromatic carbocycles. The highest BCUT2D eigenvalue weighted by Gasteiger charge is 2.42. The summed E-state index contributed by atoms with van der Waals surface area (Å²) in [6.07, 6.45) is 0.355. The van der Waals surface area contributed by atoms with Crippen LogP contribution in [0, 0.1) is 5.92 Å². The van der Waals surface area contributed by atoms with Gasteiger partial charge in [0.25, 0.3) is 0 Å². The van der Waals surface area contributed by atoms with Gasteiger partial charge in [-0.25, -0.2) is 4.79 Å². The van der Waals surface area contributed by atoms with Crippen molar-refractivity contribution < 1.29 is 14.3 Å². The molecule has 0 spiro atoms. The average molecular weight is 257 g/mol. The Kier molecular flexibility index (Phi) is 3.39. The zero-order valence-corrected chi connectivity index (χ0v) is 11.4. The van der Waals surface area contributed by atoms with Crippen molar-refractivity contribution in [1.29, 1.82) is 0 Å². The van der Waals surface area contributed by atoms with Crippen molar-refractivity contribution in [2.75, 3.05) is 18.8 Å². The van der Waals surface area contributed by atoms with E-state index in [9.17, 15) is 9.59 Å². The van der Waals surface area contributed by atoms with E-state index in [4.69, 9.17) is 4.74 Å². The van der Waals surface area contributed by atoms with Crippen LogP contribution in [0.2, 0.25) is 0 Å². The lowest BCUT2D eigenvalue weighted by Gasteiger charge is -2.24. The average Bonchev–Trinajstić information content (AvgIpc) is 2.60. The summed E-state index contributed by atoms with van der Waals surface area (Å²) in [6, 6.07) is 0. The van der Waals surface area contributed by atoms with Gasteiger partial charge in [-0.1, -0.05) is 0 Å². The number of ether oxygens (including phenoxy) is 1. The molecule has 17 heavy (non-hydrogen) atoms. The van der Waals surface area contributed by atoms with Crippen LogP contribution in [0.4, 0.5) is 4.79 Å². The second kappa shape index (κ2) is 4.52. The van der Waals surface area contributed by atoms with Gasteiger partial charge >= 0.3 is 6.09 Å². The van der Waals surface area contributed by atoms with Crippen LogP contribution in [0.15, 0.2) is 0 Å². The molecule has 2 fully saturated rings. The van der Waals surface area contributed by atoms with Gasteiger partial charge < -0.3 is 9.64 Å². The van der Waals surface area contributed by atoms with Crippen molar-refractivity contribution in [3.8, 4) is 0 Å². The normalized spacial score (nSPS) is 29.1. The summed E-state index contributed by atoms with van der Waals surface area (Å²) in [5.74, 6) is 1.23. The number of amides is 1. The molecule has 2 rings (SSSR count). The van der Waals surface area contributed by atoms with E-state index in [0.717, 1.165) is 5.75 Å². The molecular formula is C12H19NO3S. The standard InChI is InChI=1S/C12H19NO3S/c1-12(2,3)16-11(15)13-6-8-9(14)4-5-17-10(8)7-13/h8,10H,4-7H2,1-3H3. The third-order valence-electron chi connectivity index (χ3n) is 3.01. The summed E-state index contributed by atoms with van der Waals surface area (Å²) >= 11 is 1.81. The predicted molar refractivity (Wildman–Crippen MR) is 67.2 cm³/mol. The van der Waals surface area contributed by atoms with Crippen molar-refractivity contribution in [2.45, 2.75) is 38.0 Å². The van der Waals surface area contributed by atoms with Crippen LogP contribution in [0.5, 0.6) is 0 Å². The Bertz CT molecular complexity index is 337. The zero-order valence-electron chi connectivity index (χ0n) is 10.6. The van der Waals surface area contributed by atoms with Gasteiger partial charge in [0.15, 0.2) is 0 Å². The van der Waals surface area contributed by atoms with Crippen LogP contribution in [0.3, 0.4) is 0 Å². The number of carbonyl (C=O) groups is 2. The lowest BCUT2D eigenvalue weighted by molar-refractivity contribution is -0.122. The Labute approximate surface area is 106 Å².